The van der Waals surface area contributed by atoms with E-state index in [4.69, 9.17) is 4.74 Å². The van der Waals surface area contributed by atoms with E-state index in [1.54, 1.807) is 0 Å². The maximum Gasteiger partial charge on any atom is 0.412 e. The summed E-state index contributed by atoms with van der Waals surface area (Å²) in [5.74, 6) is 0.601. The third kappa shape index (κ3) is 7.02. The Morgan fingerprint density at radius 1 is 1.24 bits per heavy atom. The molecule has 1 rings (SSSR count). The molecule has 0 saturated carbocycles. The van der Waals surface area contributed by atoms with Crippen LogP contribution in [0.3, 0.4) is 0 Å². The normalized spacial score (nSPS) is 12.6. The second kappa shape index (κ2) is 7.91. The topological polar surface area (TPSA) is 50.4 Å². The molecular weight excluding hydrogens is 264 g/mol. The Labute approximate surface area is 128 Å². The zero-order valence-electron chi connectivity index (χ0n) is 13.8. The Kier molecular flexibility index (Phi) is 6.53. The summed E-state index contributed by atoms with van der Waals surface area (Å²) in [6.07, 6.45) is 1.94. The minimum Gasteiger partial charge on any atom is -0.444 e. The Morgan fingerprint density at radius 3 is 2.43 bits per heavy atom. The van der Waals surface area contributed by atoms with Crippen LogP contribution in [0.4, 0.5) is 16.2 Å². The summed E-state index contributed by atoms with van der Waals surface area (Å²) in [6, 6.07) is 7.68. The number of hydrogen-bond donors (Lipinski definition) is 2. The van der Waals surface area contributed by atoms with Crippen molar-refractivity contribution in [1.82, 2.24) is 0 Å². The van der Waals surface area contributed by atoms with Crippen molar-refractivity contribution in [2.75, 3.05) is 17.2 Å². The number of anilines is 2. The second-order valence-corrected chi connectivity index (χ2v) is 6.45. The molecule has 4 nitrogen and oxygen atoms in total. The first-order chi connectivity index (χ1) is 9.81. The van der Waals surface area contributed by atoms with Crippen LogP contribution in [0, 0.1) is 5.92 Å². The van der Waals surface area contributed by atoms with Crippen LogP contribution in [0.2, 0.25) is 0 Å². The predicted octanol–water partition coefficient (Wildman–Crippen LogP) is 4.88. The molecule has 1 aromatic rings. The van der Waals surface area contributed by atoms with E-state index in [0.717, 1.165) is 17.9 Å². The van der Waals surface area contributed by atoms with Crippen LogP contribution in [0.5, 0.6) is 0 Å². The Hall–Kier alpha value is -1.71. The van der Waals surface area contributed by atoms with Gasteiger partial charge in [-0.25, -0.2) is 4.79 Å². The van der Waals surface area contributed by atoms with Crippen LogP contribution >= 0.6 is 0 Å². The zero-order chi connectivity index (χ0) is 15.9. The summed E-state index contributed by atoms with van der Waals surface area (Å²) in [5, 5.41) is 6.19. The van der Waals surface area contributed by atoms with E-state index < -0.39 is 11.7 Å². The molecule has 0 saturated heterocycles. The number of ether oxygens (including phenoxy) is 1. The van der Waals surface area contributed by atoms with Crippen LogP contribution in [0.15, 0.2) is 24.3 Å². The third-order valence-corrected chi connectivity index (χ3v) is 2.99. The first-order valence-corrected chi connectivity index (χ1v) is 7.64. The summed E-state index contributed by atoms with van der Waals surface area (Å²) in [7, 11) is 0. The SMILES string of the molecule is CCCC(C)CNc1ccccc1NC(=O)OC(C)(C)C. The molecule has 4 heteroatoms. The quantitative estimate of drug-likeness (QED) is 0.785. The molecule has 0 aliphatic heterocycles. The van der Waals surface area contributed by atoms with Crippen molar-refractivity contribution < 1.29 is 9.53 Å². The first-order valence-electron chi connectivity index (χ1n) is 7.64. The van der Waals surface area contributed by atoms with Crippen LogP contribution in [0.25, 0.3) is 0 Å². The highest BCUT2D eigenvalue weighted by molar-refractivity contribution is 5.89. The molecule has 1 amide bonds. The van der Waals surface area contributed by atoms with E-state index in [0.29, 0.717) is 5.92 Å². The minimum atomic E-state index is -0.498. The number of carbonyl (C=O) groups is 1. The Bertz CT molecular complexity index is 452. The fraction of sp³-hybridized carbons (Fsp3) is 0.588. The lowest BCUT2D eigenvalue weighted by molar-refractivity contribution is 0.0636. The number of hydrogen-bond acceptors (Lipinski definition) is 3. The molecule has 2 N–H and O–H groups in total. The smallest absolute Gasteiger partial charge is 0.412 e. The maximum absolute atomic E-state index is 11.9. The van der Waals surface area contributed by atoms with Gasteiger partial charge in [-0.2, -0.15) is 0 Å². The minimum absolute atomic E-state index is 0.432. The van der Waals surface area contributed by atoms with Gasteiger partial charge in [0.05, 0.1) is 11.4 Å². The summed E-state index contributed by atoms with van der Waals surface area (Å²) in [4.78, 5) is 11.9. The molecule has 1 unspecified atom stereocenters. The van der Waals surface area contributed by atoms with E-state index in [9.17, 15) is 4.79 Å². The van der Waals surface area contributed by atoms with Crippen molar-refractivity contribution in [2.45, 2.75) is 53.1 Å². The van der Waals surface area contributed by atoms with Gasteiger partial charge in [0.1, 0.15) is 5.60 Å². The molecule has 118 valence electrons. The van der Waals surface area contributed by atoms with Crippen LogP contribution in [-0.4, -0.2) is 18.2 Å². The van der Waals surface area contributed by atoms with Crippen LogP contribution in [-0.2, 0) is 4.74 Å². The Balaban J connectivity index is 2.64. The second-order valence-electron chi connectivity index (χ2n) is 6.45. The number of carbonyl (C=O) groups excluding carboxylic acids is 1. The molecule has 0 fully saturated rings. The zero-order valence-corrected chi connectivity index (χ0v) is 13.8. The molecule has 0 radical (unpaired) electrons. The number of nitrogens with one attached hydrogen (secondary N) is 2. The standard InChI is InChI=1S/C17H28N2O2/c1-6-9-13(2)12-18-14-10-7-8-11-15(14)19-16(20)21-17(3,4)5/h7-8,10-11,13,18H,6,9,12H2,1-5H3,(H,19,20). The number of amides is 1. The highest BCUT2D eigenvalue weighted by atomic mass is 16.6. The van der Waals surface area contributed by atoms with E-state index in [1.165, 1.54) is 12.8 Å². The van der Waals surface area contributed by atoms with Crippen molar-refractivity contribution in [3.8, 4) is 0 Å². The molecule has 0 spiro atoms. The van der Waals surface area contributed by atoms with Gasteiger partial charge in [-0.1, -0.05) is 32.4 Å². The molecule has 0 aliphatic carbocycles. The van der Waals surface area contributed by atoms with Crippen LogP contribution < -0.4 is 10.6 Å². The molecule has 0 aliphatic rings. The molecule has 0 aromatic heterocycles. The van der Waals surface area contributed by atoms with E-state index in [1.807, 2.05) is 45.0 Å². The molecule has 21 heavy (non-hydrogen) atoms. The highest BCUT2D eigenvalue weighted by Crippen LogP contribution is 2.22. The average molecular weight is 292 g/mol. The molecule has 1 atom stereocenters. The monoisotopic (exact) mass is 292 g/mol. The number of para-hydroxylation sites is 2. The van der Waals surface area contributed by atoms with Crippen molar-refractivity contribution in [1.29, 1.82) is 0 Å². The van der Waals surface area contributed by atoms with Gasteiger partial charge in [0, 0.05) is 6.54 Å². The van der Waals surface area contributed by atoms with Crippen molar-refractivity contribution >= 4 is 17.5 Å². The average Bonchev–Trinajstić information content (AvgIpc) is 2.35. The largest absolute Gasteiger partial charge is 0.444 e. The van der Waals surface area contributed by atoms with Crippen molar-refractivity contribution in [3.63, 3.8) is 0 Å². The molecule has 0 bridgehead atoms. The van der Waals surface area contributed by atoms with E-state index in [-0.39, 0.29) is 0 Å². The fourth-order valence-corrected chi connectivity index (χ4v) is 2.04. The Morgan fingerprint density at radius 2 is 1.86 bits per heavy atom. The fourth-order valence-electron chi connectivity index (χ4n) is 2.04. The molecule has 1 aromatic carbocycles. The lowest BCUT2D eigenvalue weighted by Crippen LogP contribution is -2.27. The van der Waals surface area contributed by atoms with Gasteiger partial charge < -0.3 is 10.1 Å². The van der Waals surface area contributed by atoms with Gasteiger partial charge in [0.25, 0.3) is 0 Å². The molecule has 0 heterocycles. The maximum atomic E-state index is 11.9. The van der Waals surface area contributed by atoms with Gasteiger partial charge in [-0.05, 0) is 45.2 Å². The molecular formula is C17H28N2O2. The van der Waals surface area contributed by atoms with Crippen molar-refractivity contribution in [2.24, 2.45) is 5.92 Å². The van der Waals surface area contributed by atoms with Gasteiger partial charge >= 0.3 is 6.09 Å². The summed E-state index contributed by atoms with van der Waals surface area (Å²) >= 11 is 0. The lowest BCUT2D eigenvalue weighted by Gasteiger charge is -2.21. The summed E-state index contributed by atoms with van der Waals surface area (Å²) < 4.78 is 5.28. The summed E-state index contributed by atoms with van der Waals surface area (Å²) in [6.45, 7) is 10.9. The van der Waals surface area contributed by atoms with Crippen LogP contribution in [0.1, 0.15) is 47.5 Å². The van der Waals surface area contributed by atoms with Gasteiger partial charge in [-0.3, -0.25) is 5.32 Å². The van der Waals surface area contributed by atoms with Gasteiger partial charge in [0.2, 0.25) is 0 Å². The van der Waals surface area contributed by atoms with Gasteiger partial charge in [-0.15, -0.1) is 0 Å². The van der Waals surface area contributed by atoms with E-state index >= 15 is 0 Å². The van der Waals surface area contributed by atoms with Crippen molar-refractivity contribution in [3.05, 3.63) is 24.3 Å². The number of benzene rings is 1. The number of rotatable bonds is 6. The highest BCUT2D eigenvalue weighted by Gasteiger charge is 2.17. The van der Waals surface area contributed by atoms with Gasteiger partial charge in [0.15, 0.2) is 0 Å². The first kappa shape index (κ1) is 17.3. The third-order valence-electron chi connectivity index (χ3n) is 2.99. The predicted molar refractivity (Wildman–Crippen MR) is 88.9 cm³/mol. The summed E-state index contributed by atoms with van der Waals surface area (Å²) in [5.41, 5.74) is 1.17. The van der Waals surface area contributed by atoms with E-state index in [2.05, 4.69) is 24.5 Å². The lowest BCUT2D eigenvalue weighted by atomic mass is 10.1.